The molecule has 0 N–H and O–H groups in total. The summed E-state index contributed by atoms with van der Waals surface area (Å²) in [6, 6.07) is 6.84. The predicted molar refractivity (Wildman–Crippen MR) is 50.2 cm³/mol. The minimum absolute atomic E-state index is 0.201. The van der Waals surface area contributed by atoms with Gasteiger partial charge in [0.25, 0.3) is 5.69 Å². The lowest BCUT2D eigenvalue weighted by molar-refractivity contribution is -0.383. The second-order valence-corrected chi connectivity index (χ2v) is 2.97. The first-order chi connectivity index (χ1) is 5.63. The molecule has 0 aliphatic heterocycles. The maximum absolute atomic E-state index is 10.5. The summed E-state index contributed by atoms with van der Waals surface area (Å²) in [6.07, 6.45) is 0. The van der Waals surface area contributed by atoms with Gasteiger partial charge in [0.1, 0.15) is 0 Å². The zero-order valence-electron chi connectivity index (χ0n) is 7.15. The summed E-state index contributed by atoms with van der Waals surface area (Å²) in [5.41, 5.74) is 1.01. The van der Waals surface area contributed by atoms with Crippen molar-refractivity contribution in [1.82, 2.24) is 0 Å². The smallest absolute Gasteiger partial charge is 0.258 e. The van der Waals surface area contributed by atoms with Crippen LogP contribution in [0.5, 0.6) is 0 Å². The van der Waals surface area contributed by atoms with Crippen molar-refractivity contribution in [2.45, 2.75) is 13.6 Å². The second kappa shape index (κ2) is 3.39. The van der Waals surface area contributed by atoms with Crippen LogP contribution < -0.4 is 5.46 Å². The van der Waals surface area contributed by atoms with Gasteiger partial charge in [-0.1, -0.05) is 31.8 Å². The third-order valence-electron chi connectivity index (χ3n) is 1.76. The Kier molecular flexibility index (Phi) is 2.48. The number of nitro groups is 1. The van der Waals surface area contributed by atoms with Gasteiger partial charge < -0.3 is 0 Å². The molecule has 1 aromatic rings. The molecule has 1 aromatic carbocycles. The SMILES string of the molecule is CB(C)c1ccccc1[N+](=O)[O-]. The number of rotatable bonds is 2. The fourth-order valence-corrected chi connectivity index (χ4v) is 1.14. The number of nitro benzene ring substituents is 1. The minimum Gasteiger partial charge on any atom is -0.258 e. The van der Waals surface area contributed by atoms with E-state index in [4.69, 9.17) is 0 Å². The Morgan fingerprint density at radius 3 is 2.33 bits per heavy atom. The van der Waals surface area contributed by atoms with Gasteiger partial charge in [0, 0.05) is 6.07 Å². The van der Waals surface area contributed by atoms with E-state index in [1.165, 1.54) is 6.07 Å². The summed E-state index contributed by atoms with van der Waals surface area (Å²) in [7, 11) is 0. The lowest BCUT2D eigenvalue weighted by Gasteiger charge is -2.01. The van der Waals surface area contributed by atoms with Crippen molar-refractivity contribution in [1.29, 1.82) is 0 Å². The molecule has 62 valence electrons. The molecule has 0 saturated carbocycles. The predicted octanol–water partition coefficient (Wildman–Crippen LogP) is 1.56. The molecule has 0 aliphatic rings. The fraction of sp³-hybridized carbons (Fsp3) is 0.250. The highest BCUT2D eigenvalue weighted by atomic mass is 16.6. The first-order valence-corrected chi connectivity index (χ1v) is 3.86. The molecule has 0 bridgehead atoms. The molecule has 0 fully saturated rings. The van der Waals surface area contributed by atoms with E-state index in [9.17, 15) is 10.1 Å². The molecule has 1 rings (SSSR count). The van der Waals surface area contributed by atoms with Gasteiger partial charge in [0.05, 0.1) is 4.92 Å². The van der Waals surface area contributed by atoms with Crippen LogP contribution >= 0.6 is 0 Å². The van der Waals surface area contributed by atoms with Gasteiger partial charge in [0.2, 0.25) is 0 Å². The number of hydrogen-bond acceptors (Lipinski definition) is 2. The van der Waals surface area contributed by atoms with E-state index < -0.39 is 0 Å². The van der Waals surface area contributed by atoms with E-state index >= 15 is 0 Å². The summed E-state index contributed by atoms with van der Waals surface area (Å²) < 4.78 is 0. The standard InChI is InChI=1S/C8H10BNO2/c1-9(2)7-5-3-4-6-8(7)10(11)12/h3-6H,1-2H3. The van der Waals surface area contributed by atoms with Gasteiger partial charge in [-0.05, 0) is 5.46 Å². The molecule has 4 heteroatoms. The van der Waals surface area contributed by atoms with Gasteiger partial charge in [-0.3, -0.25) is 10.1 Å². The van der Waals surface area contributed by atoms with E-state index in [0.29, 0.717) is 0 Å². The Hall–Kier alpha value is -1.32. The van der Waals surface area contributed by atoms with Crippen LogP contribution in [0.4, 0.5) is 5.69 Å². The number of hydrogen-bond donors (Lipinski definition) is 0. The van der Waals surface area contributed by atoms with Crippen LogP contribution in [0.1, 0.15) is 0 Å². The highest BCUT2D eigenvalue weighted by Gasteiger charge is 2.15. The molecule has 0 heterocycles. The van der Waals surface area contributed by atoms with Crippen molar-refractivity contribution in [2.75, 3.05) is 0 Å². The van der Waals surface area contributed by atoms with Crippen LogP contribution in [0.15, 0.2) is 24.3 Å². The van der Waals surface area contributed by atoms with Crippen LogP contribution in [-0.4, -0.2) is 11.6 Å². The Balaban J connectivity index is 3.17. The quantitative estimate of drug-likeness (QED) is 0.377. The van der Waals surface area contributed by atoms with E-state index in [-0.39, 0.29) is 17.3 Å². The summed E-state index contributed by atoms with van der Waals surface area (Å²) in [6.45, 7) is 4.09. The molecule has 0 spiro atoms. The van der Waals surface area contributed by atoms with Crippen LogP contribution in [0.25, 0.3) is 0 Å². The van der Waals surface area contributed by atoms with Gasteiger partial charge >= 0.3 is 0 Å². The maximum Gasteiger partial charge on any atom is 0.263 e. The molecule has 12 heavy (non-hydrogen) atoms. The van der Waals surface area contributed by atoms with Gasteiger partial charge in [0.15, 0.2) is 6.71 Å². The lowest BCUT2D eigenvalue weighted by atomic mass is 9.49. The number of benzene rings is 1. The third kappa shape index (κ3) is 1.64. The summed E-state index contributed by atoms with van der Waals surface area (Å²) in [4.78, 5) is 10.2. The van der Waals surface area contributed by atoms with Gasteiger partial charge in [-0.2, -0.15) is 0 Å². The average Bonchev–Trinajstić information content (AvgIpc) is 2.04. The molecule has 0 saturated heterocycles. The van der Waals surface area contributed by atoms with Crippen molar-refractivity contribution in [3.63, 3.8) is 0 Å². The highest BCUT2D eigenvalue weighted by Crippen LogP contribution is 2.07. The van der Waals surface area contributed by atoms with Crippen molar-refractivity contribution < 1.29 is 4.92 Å². The molecule has 0 aliphatic carbocycles. The first kappa shape index (κ1) is 8.78. The van der Waals surface area contributed by atoms with Crippen molar-refractivity contribution in [3.05, 3.63) is 34.4 Å². The summed E-state index contributed by atoms with van der Waals surface area (Å²) >= 11 is 0. The Bertz CT molecular complexity index is 299. The zero-order valence-corrected chi connectivity index (χ0v) is 7.15. The number of nitrogens with zero attached hydrogens (tertiary/aromatic N) is 1. The normalized spacial score (nSPS) is 9.50. The monoisotopic (exact) mass is 163 g/mol. The Morgan fingerprint density at radius 1 is 1.33 bits per heavy atom. The Morgan fingerprint density at radius 2 is 1.92 bits per heavy atom. The molecule has 0 aromatic heterocycles. The van der Waals surface area contributed by atoms with Crippen LogP contribution in [-0.2, 0) is 0 Å². The molecule has 0 unspecified atom stereocenters. The van der Waals surface area contributed by atoms with Crippen molar-refractivity contribution in [2.24, 2.45) is 0 Å². The molecule has 0 atom stereocenters. The van der Waals surface area contributed by atoms with Crippen LogP contribution in [0.2, 0.25) is 13.6 Å². The lowest BCUT2D eigenvalue weighted by Crippen LogP contribution is -2.25. The largest absolute Gasteiger partial charge is 0.263 e. The zero-order chi connectivity index (χ0) is 9.14. The fourth-order valence-electron chi connectivity index (χ4n) is 1.14. The minimum atomic E-state index is -0.338. The van der Waals surface area contributed by atoms with E-state index in [0.717, 1.165) is 5.46 Å². The van der Waals surface area contributed by atoms with E-state index in [1.54, 1.807) is 12.1 Å². The topological polar surface area (TPSA) is 43.1 Å². The van der Waals surface area contributed by atoms with Crippen LogP contribution in [0, 0.1) is 10.1 Å². The highest BCUT2D eigenvalue weighted by molar-refractivity contribution is 6.71. The number of para-hydroxylation sites is 1. The van der Waals surface area contributed by atoms with Crippen molar-refractivity contribution in [3.8, 4) is 0 Å². The van der Waals surface area contributed by atoms with E-state index in [1.807, 2.05) is 19.7 Å². The first-order valence-electron chi connectivity index (χ1n) is 3.86. The van der Waals surface area contributed by atoms with Gasteiger partial charge in [-0.15, -0.1) is 0 Å². The third-order valence-corrected chi connectivity index (χ3v) is 1.76. The molecule has 0 amide bonds. The second-order valence-electron chi connectivity index (χ2n) is 2.97. The molecule has 0 radical (unpaired) electrons. The molecular formula is C8H10BNO2. The summed E-state index contributed by atoms with van der Waals surface area (Å²) in [5.74, 6) is 0. The van der Waals surface area contributed by atoms with Gasteiger partial charge in [-0.25, -0.2) is 0 Å². The molecular weight excluding hydrogens is 153 g/mol. The van der Waals surface area contributed by atoms with Crippen LogP contribution in [0.3, 0.4) is 0 Å². The Labute approximate surface area is 71.6 Å². The summed E-state index contributed by atoms with van der Waals surface area (Å²) in [5, 5.41) is 10.5. The maximum atomic E-state index is 10.5. The van der Waals surface area contributed by atoms with E-state index in [2.05, 4.69) is 0 Å². The average molecular weight is 163 g/mol. The van der Waals surface area contributed by atoms with Crippen molar-refractivity contribution >= 4 is 17.9 Å². The molecule has 3 nitrogen and oxygen atoms in total.